The molecule has 2 aromatic heterocycles. The van der Waals surface area contributed by atoms with Crippen LogP contribution in [0.25, 0.3) is 11.7 Å². The predicted molar refractivity (Wildman–Crippen MR) is 147 cm³/mol. The molecule has 2 atom stereocenters. The van der Waals surface area contributed by atoms with E-state index in [1.165, 1.54) is 43.7 Å². The van der Waals surface area contributed by atoms with Crippen LogP contribution in [0.5, 0.6) is 0 Å². The van der Waals surface area contributed by atoms with Gasteiger partial charge in [-0.25, -0.2) is 32.8 Å². The van der Waals surface area contributed by atoms with Gasteiger partial charge in [-0.1, -0.05) is 0 Å². The number of hydrogen-bond acceptors (Lipinski definition) is 7. The number of halogens is 5. The van der Waals surface area contributed by atoms with Crippen LogP contribution in [-0.2, 0) is 14.3 Å². The summed E-state index contributed by atoms with van der Waals surface area (Å²) in [6.07, 6.45) is -3.55. The third-order valence-electron chi connectivity index (χ3n) is 7.15. The molecule has 1 aliphatic carbocycles. The molecule has 1 saturated carbocycles. The molecule has 242 valence electrons. The minimum atomic E-state index is -4.83. The molecule has 1 saturated heterocycles. The second-order valence-electron chi connectivity index (χ2n) is 13.2. The van der Waals surface area contributed by atoms with E-state index in [4.69, 9.17) is 9.47 Å². The Balaban J connectivity index is 1.66. The Hall–Kier alpha value is -3.78. The van der Waals surface area contributed by atoms with E-state index in [9.17, 15) is 36.3 Å². The highest BCUT2D eigenvalue weighted by molar-refractivity contribution is 6.08. The van der Waals surface area contributed by atoms with Gasteiger partial charge >= 0.3 is 18.4 Å². The van der Waals surface area contributed by atoms with E-state index in [0.29, 0.717) is 10.6 Å². The van der Waals surface area contributed by atoms with Crippen LogP contribution in [0.15, 0.2) is 24.0 Å². The van der Waals surface area contributed by atoms with E-state index in [0.717, 1.165) is 6.08 Å². The topological polar surface area (TPSA) is 115 Å². The number of nitrogens with zero attached hydrogens (tertiary/aromatic N) is 4. The third-order valence-corrected chi connectivity index (χ3v) is 7.15. The first-order valence-corrected chi connectivity index (χ1v) is 14.2. The molecule has 0 bridgehead atoms. The number of imide groups is 1. The zero-order chi connectivity index (χ0) is 32.8. The monoisotopic (exact) mass is 629 g/mol. The lowest BCUT2D eigenvalue weighted by atomic mass is 9.81. The Morgan fingerprint density at radius 2 is 1.68 bits per heavy atom. The molecule has 1 N–H and O–H groups in total. The maximum absolute atomic E-state index is 13.9. The molecule has 1 aliphatic heterocycles. The van der Waals surface area contributed by atoms with Crippen molar-refractivity contribution >= 4 is 29.8 Å². The molecule has 15 heteroatoms. The van der Waals surface area contributed by atoms with Gasteiger partial charge in [-0.15, -0.1) is 0 Å². The highest BCUT2D eigenvalue weighted by Gasteiger charge is 2.53. The van der Waals surface area contributed by atoms with Crippen LogP contribution in [0.1, 0.15) is 84.5 Å². The van der Waals surface area contributed by atoms with Crippen molar-refractivity contribution in [1.29, 1.82) is 0 Å². The highest BCUT2D eigenvalue weighted by atomic mass is 19.4. The zero-order valence-electron chi connectivity index (χ0n) is 25.3. The van der Waals surface area contributed by atoms with Gasteiger partial charge in [-0.2, -0.15) is 18.3 Å². The Morgan fingerprint density at radius 3 is 2.25 bits per heavy atom. The fourth-order valence-corrected chi connectivity index (χ4v) is 5.17. The van der Waals surface area contributed by atoms with Crippen molar-refractivity contribution in [2.45, 2.75) is 96.6 Å². The van der Waals surface area contributed by atoms with Gasteiger partial charge in [0.2, 0.25) is 5.92 Å². The van der Waals surface area contributed by atoms with E-state index in [1.54, 1.807) is 20.8 Å². The number of aromatic nitrogens is 3. The molecular formula is C29H36F5N5O5. The van der Waals surface area contributed by atoms with E-state index >= 15 is 0 Å². The summed E-state index contributed by atoms with van der Waals surface area (Å²) in [5.74, 6) is -6.58. The van der Waals surface area contributed by atoms with Crippen LogP contribution in [-0.4, -0.2) is 67.4 Å². The summed E-state index contributed by atoms with van der Waals surface area (Å²) in [4.78, 5) is 43.1. The molecule has 3 amide bonds. The number of carbonyl (C=O) groups is 3. The Labute approximate surface area is 250 Å². The molecule has 2 fully saturated rings. The molecule has 0 radical (unpaired) electrons. The number of alkyl halides is 5. The summed E-state index contributed by atoms with van der Waals surface area (Å²) in [5, 5.41) is 6.94. The van der Waals surface area contributed by atoms with Crippen LogP contribution < -0.4 is 5.32 Å². The summed E-state index contributed by atoms with van der Waals surface area (Å²) in [5.41, 5.74) is -1.93. The van der Waals surface area contributed by atoms with Crippen LogP contribution in [0.3, 0.4) is 0 Å². The van der Waals surface area contributed by atoms with Gasteiger partial charge in [0.05, 0.1) is 24.1 Å². The van der Waals surface area contributed by atoms with Gasteiger partial charge in [0.1, 0.15) is 17.1 Å². The SMILES string of the molecule is CC(C)(C)OC(=O)N[C@H](c1cn2ncc(C=C3C(=O)N(C(=O)OC(C)(C)C)CC3C(F)(F)F)cc2n1)C1CCC(F)(F)CC1. The van der Waals surface area contributed by atoms with Gasteiger partial charge in [0.15, 0.2) is 5.65 Å². The van der Waals surface area contributed by atoms with Crippen LogP contribution >= 0.6 is 0 Å². The molecule has 44 heavy (non-hydrogen) atoms. The number of amides is 3. The largest absolute Gasteiger partial charge is 0.444 e. The minimum Gasteiger partial charge on any atom is -0.444 e. The first-order valence-electron chi connectivity index (χ1n) is 14.2. The second kappa shape index (κ2) is 11.6. The molecule has 10 nitrogen and oxygen atoms in total. The lowest BCUT2D eigenvalue weighted by Gasteiger charge is -2.33. The van der Waals surface area contributed by atoms with Crippen molar-refractivity contribution in [3.8, 4) is 0 Å². The van der Waals surface area contributed by atoms with Crippen LogP contribution in [0.4, 0.5) is 31.5 Å². The smallest absolute Gasteiger partial charge is 0.417 e. The summed E-state index contributed by atoms with van der Waals surface area (Å²) in [7, 11) is 0. The fourth-order valence-electron chi connectivity index (χ4n) is 5.17. The van der Waals surface area contributed by atoms with E-state index in [2.05, 4.69) is 15.4 Å². The Bertz CT molecular complexity index is 1450. The first-order chi connectivity index (χ1) is 20.1. The van der Waals surface area contributed by atoms with E-state index in [1.807, 2.05) is 0 Å². The number of alkyl carbamates (subject to hydrolysis) is 1. The molecular weight excluding hydrogens is 593 g/mol. The summed E-state index contributed by atoms with van der Waals surface area (Å²) >= 11 is 0. The van der Waals surface area contributed by atoms with Crippen molar-refractivity contribution in [2.24, 2.45) is 11.8 Å². The van der Waals surface area contributed by atoms with Crippen LogP contribution in [0.2, 0.25) is 0 Å². The number of rotatable bonds is 4. The predicted octanol–water partition coefficient (Wildman–Crippen LogP) is 6.46. The molecule has 0 spiro atoms. The van der Waals surface area contributed by atoms with Gasteiger partial charge in [0.25, 0.3) is 5.91 Å². The summed E-state index contributed by atoms with van der Waals surface area (Å²) in [6.45, 7) is 8.70. The average molecular weight is 630 g/mol. The standard InChI is InChI=1S/C29H36F5N5O5/c1-26(2,3)43-24(41)37-22(17-7-9-28(30,31)10-8-17)20-15-39-21(36-20)12-16(13-35-39)11-18-19(29(32,33)34)14-38(23(18)40)25(42)44-27(4,5)6/h11-13,15,17,19,22H,7-10,14H2,1-6H3,(H,37,41)/t19?,22-/m0/s1. The van der Waals surface area contributed by atoms with Crippen LogP contribution in [0, 0.1) is 11.8 Å². The average Bonchev–Trinajstić information content (AvgIpc) is 3.41. The number of hydrogen-bond donors (Lipinski definition) is 1. The normalized spacial score (nSPS) is 21.5. The van der Waals surface area contributed by atoms with Crippen molar-refractivity contribution < 1.29 is 45.8 Å². The Kier molecular flexibility index (Phi) is 8.75. The summed E-state index contributed by atoms with van der Waals surface area (Å²) < 4.78 is 81.5. The molecule has 3 heterocycles. The van der Waals surface area contributed by atoms with Gasteiger partial charge in [-0.3, -0.25) is 4.79 Å². The maximum atomic E-state index is 13.9. The van der Waals surface area contributed by atoms with E-state index < -0.39 is 71.4 Å². The Morgan fingerprint density at radius 1 is 1.07 bits per heavy atom. The van der Waals surface area contributed by atoms with Gasteiger partial charge in [-0.05, 0) is 78.0 Å². The molecule has 1 unspecified atom stereocenters. The quantitative estimate of drug-likeness (QED) is 0.305. The number of nitrogens with one attached hydrogen (secondary N) is 1. The fraction of sp³-hybridized carbons (Fsp3) is 0.621. The maximum Gasteiger partial charge on any atom is 0.417 e. The number of imidazole rings is 1. The van der Waals surface area contributed by atoms with Gasteiger partial charge < -0.3 is 14.8 Å². The van der Waals surface area contributed by atoms with Crippen molar-refractivity contribution in [3.05, 3.63) is 35.3 Å². The van der Waals surface area contributed by atoms with Crippen molar-refractivity contribution in [1.82, 2.24) is 24.8 Å². The van der Waals surface area contributed by atoms with Crippen molar-refractivity contribution in [2.75, 3.05) is 6.54 Å². The third kappa shape index (κ3) is 8.03. The molecule has 0 aromatic carbocycles. The van der Waals surface area contributed by atoms with E-state index in [-0.39, 0.29) is 36.9 Å². The number of carbonyl (C=O) groups excluding carboxylic acids is 3. The van der Waals surface area contributed by atoms with Crippen molar-refractivity contribution in [3.63, 3.8) is 0 Å². The number of likely N-dealkylation sites (tertiary alicyclic amines) is 1. The lowest BCUT2D eigenvalue weighted by molar-refractivity contribution is -0.161. The van der Waals surface area contributed by atoms with Gasteiger partial charge in [0, 0.05) is 25.0 Å². The first kappa shape index (κ1) is 33.1. The molecule has 2 aromatic rings. The minimum absolute atomic E-state index is 0.104. The molecule has 4 rings (SSSR count). The molecule has 2 aliphatic rings. The number of fused-ring (bicyclic) bond motifs is 1. The second-order valence-corrected chi connectivity index (χ2v) is 13.2. The summed E-state index contributed by atoms with van der Waals surface area (Å²) in [6, 6.07) is 0.581. The highest BCUT2D eigenvalue weighted by Crippen LogP contribution is 2.42. The zero-order valence-corrected chi connectivity index (χ0v) is 25.3. The lowest BCUT2D eigenvalue weighted by Crippen LogP contribution is -2.40. The number of ether oxygens (including phenoxy) is 2.